The zero-order valence-corrected chi connectivity index (χ0v) is 9.55. The van der Waals surface area contributed by atoms with Crippen molar-refractivity contribution in [3.05, 3.63) is 0 Å². The van der Waals surface area contributed by atoms with Crippen molar-refractivity contribution in [3.63, 3.8) is 0 Å². The minimum atomic E-state index is -0.564. The molecule has 0 aliphatic rings. The third-order valence-corrected chi connectivity index (χ3v) is 2.91. The van der Waals surface area contributed by atoms with Crippen molar-refractivity contribution in [3.8, 4) is 0 Å². The maximum absolute atomic E-state index is 5.38. The lowest BCUT2D eigenvalue weighted by Gasteiger charge is -2.01. The highest BCUT2D eigenvalue weighted by atomic mass is 127. The molecule has 0 fully saturated rings. The molecule has 0 saturated carbocycles. The predicted molar refractivity (Wildman–Crippen MR) is 56.4 cm³/mol. The highest BCUT2D eigenvalue weighted by molar-refractivity contribution is 14.1. The van der Waals surface area contributed by atoms with Crippen LogP contribution in [-0.4, -0.2) is 4.19 Å². The van der Waals surface area contributed by atoms with Gasteiger partial charge >= 0.3 is 4.19 Å². The quantitative estimate of drug-likeness (QED) is 0.258. The minimum Gasteiger partial charge on any atom is -0.365 e. The van der Waals surface area contributed by atoms with Crippen LogP contribution in [0, 0.1) is 0 Å². The third-order valence-electron chi connectivity index (χ3n) is 0.168. The van der Waals surface area contributed by atoms with Crippen LogP contribution in [0.25, 0.3) is 0 Å². The molecule has 0 aromatic heterocycles. The molecule has 8 heavy (non-hydrogen) atoms. The Kier molecular flexibility index (Phi) is 7.55. The smallest absolute Gasteiger partial charge is 0.365 e. The monoisotopic (exact) mass is 317 g/mol. The van der Waals surface area contributed by atoms with Crippen molar-refractivity contribution < 1.29 is 4.10 Å². The molecule has 0 spiro atoms. The Morgan fingerprint density at radius 2 is 2.25 bits per heavy atom. The molecule has 48 valence electrons. The molecule has 0 atom stereocenters. The van der Waals surface area contributed by atoms with Crippen molar-refractivity contribution in [1.82, 2.24) is 0 Å². The van der Waals surface area contributed by atoms with Gasteiger partial charge in [0.1, 0.15) is 0 Å². The second-order valence-electron chi connectivity index (χ2n) is 0.629. The van der Waals surface area contributed by atoms with Crippen LogP contribution in [0.1, 0.15) is 0 Å². The van der Waals surface area contributed by atoms with E-state index in [-0.39, 0.29) is 4.19 Å². The molecule has 0 rings (SSSR count). The molecule has 0 heterocycles. The molecule has 0 aliphatic heterocycles. The first kappa shape index (κ1) is 10.2. The van der Waals surface area contributed by atoms with Crippen LogP contribution in [0.2, 0.25) is 0 Å². The molecular weight excluding hydrogens is 317 g/mol. The van der Waals surface area contributed by atoms with Gasteiger partial charge in [-0.3, -0.25) is 7.05 Å². The second kappa shape index (κ2) is 5.93. The average Bonchev–Trinajstić information content (AvgIpc) is 1.61. The van der Waals surface area contributed by atoms with Gasteiger partial charge < -0.3 is 4.10 Å². The van der Waals surface area contributed by atoms with Gasteiger partial charge in [-0.15, -0.1) is 22.5 Å². The topological polar surface area (TPSA) is 9.23 Å². The van der Waals surface area contributed by atoms with Crippen molar-refractivity contribution in [2.24, 2.45) is 0 Å². The van der Waals surface area contributed by atoms with Gasteiger partial charge in [0.15, 0.2) is 0 Å². The van der Waals surface area contributed by atoms with Crippen LogP contribution in [0.15, 0.2) is 0 Å². The standard InChI is InChI=1S/BClIOS4/c2-1(3)4-7-8(5)6/q-1. The van der Waals surface area contributed by atoms with Crippen molar-refractivity contribution in [2.75, 3.05) is 0 Å². The highest BCUT2D eigenvalue weighted by Gasteiger charge is 2.01. The second-order valence-corrected chi connectivity index (χ2v) is 8.94. The van der Waals surface area contributed by atoms with Gasteiger partial charge in [0.05, 0.1) is 0 Å². The maximum atomic E-state index is 5.38. The first-order valence-electron chi connectivity index (χ1n) is 1.34. The molecule has 0 saturated heterocycles. The van der Waals surface area contributed by atoms with E-state index in [0.29, 0.717) is 0 Å². The van der Waals surface area contributed by atoms with Gasteiger partial charge in [-0.05, 0) is 0 Å². The summed E-state index contributed by atoms with van der Waals surface area (Å²) >= 11 is 17.6. The molecule has 0 aliphatic carbocycles. The lowest BCUT2D eigenvalue weighted by molar-refractivity contribution is 0.726. The molecule has 1 nitrogen and oxygen atoms in total. The lowest BCUT2D eigenvalue weighted by atomic mass is 10.6. The molecule has 0 bridgehead atoms. The van der Waals surface area contributed by atoms with Crippen LogP contribution in [0.5, 0.6) is 0 Å². The lowest BCUT2D eigenvalue weighted by Crippen LogP contribution is -1.90. The number of rotatable bonds is 3. The van der Waals surface area contributed by atoms with Gasteiger partial charge in [0, 0.05) is 0 Å². The van der Waals surface area contributed by atoms with E-state index in [9.17, 15) is 0 Å². The molecule has 0 radical (unpaired) electrons. The van der Waals surface area contributed by atoms with Crippen molar-refractivity contribution >= 4 is 78.5 Å². The van der Waals surface area contributed by atoms with Gasteiger partial charge in [0.2, 0.25) is 0 Å². The summed E-state index contributed by atoms with van der Waals surface area (Å²) in [7, 11) is -0.564. The van der Waals surface area contributed by atoms with Gasteiger partial charge in [-0.1, -0.05) is 22.4 Å². The first-order valence-corrected chi connectivity index (χ1v) is 7.35. The zero-order chi connectivity index (χ0) is 6.57. The fourth-order valence-electron chi connectivity index (χ4n) is 0.0618. The Morgan fingerprint density at radius 1 is 1.75 bits per heavy atom. The zero-order valence-electron chi connectivity index (χ0n) is 3.37. The van der Waals surface area contributed by atoms with E-state index in [1.807, 2.05) is 22.4 Å². The molecule has 8 heteroatoms. The van der Waals surface area contributed by atoms with E-state index in [0.717, 1.165) is 11.1 Å². The normalized spacial score (nSPS) is 9.88. The van der Waals surface area contributed by atoms with Crippen LogP contribution >= 0.6 is 44.9 Å². The summed E-state index contributed by atoms with van der Waals surface area (Å²) < 4.78 is 4.44. The van der Waals surface area contributed by atoms with Crippen molar-refractivity contribution in [1.29, 1.82) is 0 Å². The minimum absolute atomic E-state index is 0.335. The van der Waals surface area contributed by atoms with E-state index < -0.39 is 7.05 Å². The molecular formula is BClIOS4-. The van der Waals surface area contributed by atoms with Crippen molar-refractivity contribution in [2.45, 2.75) is 0 Å². The van der Waals surface area contributed by atoms with Crippen LogP contribution in [0.3, 0.4) is 0 Å². The Bertz CT molecular complexity index is 113. The summed E-state index contributed by atoms with van der Waals surface area (Å²) in [6.45, 7) is 0. The largest absolute Gasteiger partial charge is 0.482 e. The fourth-order valence-corrected chi connectivity index (χ4v) is 2.16. The van der Waals surface area contributed by atoms with Crippen LogP contribution in [-0.2, 0) is 33.5 Å². The highest BCUT2D eigenvalue weighted by Crippen LogP contribution is 2.12. The molecule has 0 unspecified atom stereocenters. The molecule has 0 aromatic carbocycles. The summed E-state index contributed by atoms with van der Waals surface area (Å²) in [5.74, 6) is 0. The summed E-state index contributed by atoms with van der Waals surface area (Å²) in [6.07, 6.45) is 0. The maximum Gasteiger partial charge on any atom is 0.482 e. The molecule has 0 aromatic rings. The number of hydrogen-bond donors (Lipinski definition) is 0. The Morgan fingerprint density at radius 3 is 2.38 bits per heavy atom. The summed E-state index contributed by atoms with van der Waals surface area (Å²) in [6, 6.07) is 0. The Labute approximate surface area is 81.6 Å². The van der Waals surface area contributed by atoms with Crippen LogP contribution in [0.4, 0.5) is 0 Å². The van der Waals surface area contributed by atoms with Gasteiger partial charge in [-0.25, -0.2) is 22.4 Å². The number of hydrogen-bond acceptors (Lipinski definition) is 5. The van der Waals surface area contributed by atoms with E-state index in [1.54, 1.807) is 0 Å². The van der Waals surface area contributed by atoms with E-state index >= 15 is 0 Å². The van der Waals surface area contributed by atoms with E-state index in [1.165, 1.54) is 0 Å². The van der Waals surface area contributed by atoms with Gasteiger partial charge in [-0.2, -0.15) is 0 Å². The van der Waals surface area contributed by atoms with Crippen LogP contribution < -0.4 is 0 Å². The Balaban J connectivity index is 3.18. The fraction of sp³-hybridized carbons (Fsp3) is 0. The summed E-state index contributed by atoms with van der Waals surface area (Å²) in [4.78, 5) is 0. The SMILES string of the molecule is S=[S-](=S)SOB(Cl)I. The summed E-state index contributed by atoms with van der Waals surface area (Å²) in [5.41, 5.74) is 0. The van der Waals surface area contributed by atoms with E-state index in [4.69, 9.17) is 15.6 Å². The Hall–Kier alpha value is 2.18. The average molecular weight is 317 g/mol. The first-order chi connectivity index (χ1) is 3.63. The number of halogens is 2. The van der Waals surface area contributed by atoms with Gasteiger partial charge in [0.25, 0.3) is 0 Å². The summed E-state index contributed by atoms with van der Waals surface area (Å²) in [5, 5.41) is 0. The predicted octanol–water partition coefficient (Wildman–Crippen LogP) is 1.77. The molecule has 0 N–H and O–H groups in total. The van der Waals surface area contributed by atoms with E-state index in [2.05, 4.69) is 22.4 Å². The molecule has 0 amide bonds. The third kappa shape index (κ3) is 8.18.